The fourth-order valence-corrected chi connectivity index (χ4v) is 2.45. The quantitative estimate of drug-likeness (QED) is 0.512. The predicted octanol–water partition coefficient (Wildman–Crippen LogP) is 4.11. The molecule has 0 aliphatic heterocycles. The van der Waals surface area contributed by atoms with E-state index in [9.17, 15) is 0 Å². The lowest BCUT2D eigenvalue weighted by atomic mass is 10.1. The number of rotatable bonds is 5. The van der Waals surface area contributed by atoms with Gasteiger partial charge in [0.2, 0.25) is 5.96 Å². The minimum atomic E-state index is 0.468. The number of aliphatic imine (C=N–C) groups is 1. The van der Waals surface area contributed by atoms with Gasteiger partial charge in [-0.3, -0.25) is 0 Å². The number of para-hydroxylation sites is 1. The van der Waals surface area contributed by atoms with Gasteiger partial charge < -0.3 is 10.6 Å². The third kappa shape index (κ3) is 4.01. The molecular weight excluding hydrogens is 294 g/mol. The van der Waals surface area contributed by atoms with Crippen LogP contribution >= 0.6 is 11.6 Å². The molecule has 0 unspecified atom stereocenters. The molecule has 2 rings (SSSR count). The highest BCUT2D eigenvalue weighted by molar-refractivity contribution is 6.18. The van der Waals surface area contributed by atoms with Crippen LogP contribution in [0.4, 0.5) is 11.4 Å². The van der Waals surface area contributed by atoms with Crippen molar-refractivity contribution in [3.8, 4) is 0 Å². The van der Waals surface area contributed by atoms with Crippen LogP contribution in [0, 0.1) is 0 Å². The first-order valence-electron chi connectivity index (χ1n) is 7.46. The molecule has 0 bridgehead atoms. The molecule has 0 saturated heterocycles. The van der Waals surface area contributed by atoms with Crippen LogP contribution in [-0.2, 0) is 12.8 Å². The van der Waals surface area contributed by atoms with Gasteiger partial charge in [-0.1, -0.05) is 37.3 Å². The molecule has 2 N–H and O–H groups in total. The van der Waals surface area contributed by atoms with E-state index in [2.05, 4.69) is 24.0 Å². The van der Waals surface area contributed by atoms with E-state index >= 15 is 0 Å². The van der Waals surface area contributed by atoms with E-state index in [0.29, 0.717) is 11.8 Å². The van der Waals surface area contributed by atoms with E-state index in [0.717, 1.165) is 29.8 Å². The Morgan fingerprint density at radius 2 is 1.95 bits per heavy atom. The van der Waals surface area contributed by atoms with Gasteiger partial charge in [-0.25, -0.2) is 4.99 Å². The second-order valence-corrected chi connectivity index (χ2v) is 5.50. The van der Waals surface area contributed by atoms with Gasteiger partial charge in [-0.15, -0.1) is 11.6 Å². The third-order valence-electron chi connectivity index (χ3n) is 3.64. The Bertz CT molecular complexity index is 652. The molecule has 3 nitrogen and oxygen atoms in total. The molecule has 0 atom stereocenters. The summed E-state index contributed by atoms with van der Waals surface area (Å²) in [6.45, 7) is 2.14. The van der Waals surface area contributed by atoms with Crippen LogP contribution in [0.25, 0.3) is 0 Å². The summed E-state index contributed by atoms with van der Waals surface area (Å²) in [5, 5.41) is 0. The van der Waals surface area contributed by atoms with E-state index in [4.69, 9.17) is 17.3 Å². The zero-order chi connectivity index (χ0) is 15.9. The third-order valence-corrected chi connectivity index (χ3v) is 3.83. The van der Waals surface area contributed by atoms with Gasteiger partial charge in [0, 0.05) is 18.6 Å². The number of halogens is 1. The van der Waals surface area contributed by atoms with Gasteiger partial charge in [-0.05, 0) is 42.2 Å². The molecule has 22 heavy (non-hydrogen) atoms. The maximum absolute atomic E-state index is 6.18. The number of nitrogens with two attached hydrogens (primary N) is 1. The monoisotopic (exact) mass is 315 g/mol. The van der Waals surface area contributed by atoms with Crippen molar-refractivity contribution >= 4 is 28.9 Å². The number of hydrogen-bond acceptors (Lipinski definition) is 1. The maximum Gasteiger partial charge on any atom is 0.200 e. The molecule has 0 aromatic heterocycles. The van der Waals surface area contributed by atoms with Crippen LogP contribution in [-0.4, -0.2) is 18.9 Å². The Balaban J connectivity index is 2.28. The second kappa shape index (κ2) is 7.85. The lowest BCUT2D eigenvalue weighted by Crippen LogP contribution is -2.33. The normalized spacial score (nSPS) is 11.5. The summed E-state index contributed by atoms with van der Waals surface area (Å²) in [4.78, 5) is 6.47. The van der Waals surface area contributed by atoms with Gasteiger partial charge in [0.25, 0.3) is 0 Å². The highest BCUT2D eigenvalue weighted by Crippen LogP contribution is 2.21. The molecule has 4 heteroatoms. The van der Waals surface area contributed by atoms with Gasteiger partial charge in [0.15, 0.2) is 0 Å². The van der Waals surface area contributed by atoms with E-state index in [1.54, 1.807) is 0 Å². The lowest BCUT2D eigenvalue weighted by Gasteiger charge is -2.19. The minimum absolute atomic E-state index is 0.468. The summed E-state index contributed by atoms with van der Waals surface area (Å²) in [5.74, 6) is 1.04. The minimum Gasteiger partial charge on any atom is -0.369 e. The van der Waals surface area contributed by atoms with Crippen molar-refractivity contribution < 1.29 is 0 Å². The fourth-order valence-electron chi connectivity index (χ4n) is 2.25. The van der Waals surface area contributed by atoms with Gasteiger partial charge in [0.1, 0.15) is 0 Å². The van der Waals surface area contributed by atoms with Gasteiger partial charge in [-0.2, -0.15) is 0 Å². The Morgan fingerprint density at radius 1 is 1.18 bits per heavy atom. The summed E-state index contributed by atoms with van der Waals surface area (Å²) in [6.07, 6.45) is 1.78. The Morgan fingerprint density at radius 3 is 2.68 bits per heavy atom. The smallest absolute Gasteiger partial charge is 0.200 e. The van der Waals surface area contributed by atoms with Gasteiger partial charge in [0.05, 0.1) is 5.69 Å². The predicted molar refractivity (Wildman–Crippen MR) is 96.4 cm³/mol. The summed E-state index contributed by atoms with van der Waals surface area (Å²) in [6, 6.07) is 16.3. The molecule has 0 heterocycles. The number of hydrogen-bond donors (Lipinski definition) is 1. The zero-order valence-electron chi connectivity index (χ0n) is 13.1. The Labute approximate surface area is 137 Å². The second-order valence-electron chi connectivity index (χ2n) is 5.12. The number of anilines is 1. The summed E-state index contributed by atoms with van der Waals surface area (Å²) < 4.78 is 0. The number of alkyl halides is 1. The molecule has 2 aromatic rings. The van der Waals surface area contributed by atoms with Crippen molar-refractivity contribution in [3.63, 3.8) is 0 Å². The lowest BCUT2D eigenvalue weighted by molar-refractivity contribution is 1.12. The zero-order valence-corrected chi connectivity index (χ0v) is 13.8. The van der Waals surface area contributed by atoms with Crippen LogP contribution in [0.1, 0.15) is 18.1 Å². The average Bonchev–Trinajstić information content (AvgIpc) is 2.56. The molecule has 0 fully saturated rings. The fraction of sp³-hybridized carbons (Fsp3) is 0.278. The Kier molecular flexibility index (Phi) is 5.84. The van der Waals surface area contributed by atoms with Crippen LogP contribution in [0.15, 0.2) is 53.5 Å². The average molecular weight is 316 g/mol. The van der Waals surface area contributed by atoms with Gasteiger partial charge >= 0.3 is 0 Å². The highest BCUT2D eigenvalue weighted by atomic mass is 35.5. The molecule has 0 aliphatic rings. The SMILES string of the molecule is CCc1cccc(N(C)C(N)=Nc2ccccc2CCCl)c1. The van der Waals surface area contributed by atoms with Crippen LogP contribution in [0.2, 0.25) is 0 Å². The largest absolute Gasteiger partial charge is 0.369 e. The van der Waals surface area contributed by atoms with E-state index in [1.165, 1.54) is 5.56 Å². The summed E-state index contributed by atoms with van der Waals surface area (Å²) in [5.41, 5.74) is 10.5. The van der Waals surface area contributed by atoms with Crippen LogP contribution in [0.5, 0.6) is 0 Å². The molecule has 0 aliphatic carbocycles. The number of aryl methyl sites for hydroxylation is 2. The van der Waals surface area contributed by atoms with Crippen molar-refractivity contribution in [2.75, 3.05) is 17.8 Å². The van der Waals surface area contributed by atoms with E-state index < -0.39 is 0 Å². The molecule has 0 spiro atoms. The van der Waals surface area contributed by atoms with Crippen molar-refractivity contribution in [3.05, 3.63) is 59.7 Å². The molecule has 0 radical (unpaired) electrons. The number of guanidine groups is 1. The summed E-state index contributed by atoms with van der Waals surface area (Å²) >= 11 is 5.85. The molecule has 2 aromatic carbocycles. The van der Waals surface area contributed by atoms with E-state index in [1.807, 2.05) is 48.3 Å². The summed E-state index contributed by atoms with van der Waals surface area (Å²) in [7, 11) is 1.93. The standard InChI is InChI=1S/C18H22ClN3/c1-3-14-7-6-9-16(13-14)22(2)18(20)21-17-10-5-4-8-15(17)11-12-19/h4-10,13H,3,11-12H2,1-2H3,(H2,20,21). The highest BCUT2D eigenvalue weighted by Gasteiger charge is 2.07. The Hall–Kier alpha value is -2.00. The van der Waals surface area contributed by atoms with Crippen LogP contribution < -0.4 is 10.6 Å². The first-order valence-corrected chi connectivity index (χ1v) is 8.00. The van der Waals surface area contributed by atoms with Crippen molar-refractivity contribution in [1.29, 1.82) is 0 Å². The van der Waals surface area contributed by atoms with Crippen molar-refractivity contribution in [2.24, 2.45) is 10.7 Å². The molecule has 0 saturated carbocycles. The first-order chi connectivity index (χ1) is 10.7. The van der Waals surface area contributed by atoms with Crippen molar-refractivity contribution in [1.82, 2.24) is 0 Å². The first kappa shape index (κ1) is 16.4. The maximum atomic E-state index is 6.18. The molecule has 0 amide bonds. The van der Waals surface area contributed by atoms with E-state index in [-0.39, 0.29) is 0 Å². The van der Waals surface area contributed by atoms with Crippen molar-refractivity contribution in [2.45, 2.75) is 19.8 Å². The topological polar surface area (TPSA) is 41.6 Å². The molecular formula is C18H22ClN3. The number of benzene rings is 2. The molecule has 116 valence electrons. The number of nitrogens with zero attached hydrogens (tertiary/aromatic N) is 2. The van der Waals surface area contributed by atoms with Crippen LogP contribution in [0.3, 0.4) is 0 Å².